The third-order valence-corrected chi connectivity index (χ3v) is 2.85. The van der Waals surface area contributed by atoms with Gasteiger partial charge in [-0.15, -0.1) is 10.2 Å². The number of carboxylic acid groups (broad SMARTS) is 1. The van der Waals surface area contributed by atoms with Gasteiger partial charge in [-0.3, -0.25) is 5.10 Å². The second-order valence-corrected chi connectivity index (χ2v) is 4.16. The van der Waals surface area contributed by atoms with Crippen LogP contribution in [0.3, 0.4) is 0 Å². The fraction of sp³-hybridized carbons (Fsp3) is 0. The Hall–Kier alpha value is -3.02. The van der Waals surface area contributed by atoms with Crippen LogP contribution in [0, 0.1) is 0 Å². The lowest BCUT2D eigenvalue weighted by atomic mass is 10.1. The maximum Gasteiger partial charge on any atom is 0.356 e. The number of hydrogen-bond acceptors (Lipinski definition) is 4. The van der Waals surface area contributed by atoms with Crippen LogP contribution >= 0.6 is 0 Å². The number of carbonyl (C=O) groups is 1. The lowest BCUT2D eigenvalue weighted by molar-refractivity contribution is 0.0689. The Bertz CT molecular complexity index is 736. The summed E-state index contributed by atoms with van der Waals surface area (Å²) in [6.45, 7) is 0. The molecule has 6 nitrogen and oxygen atoms in total. The number of nitrogens with zero attached hydrogens (tertiary/aromatic N) is 3. The summed E-state index contributed by atoms with van der Waals surface area (Å²) in [6.07, 6.45) is 1.68. The molecule has 0 spiro atoms. The third kappa shape index (κ3) is 2.26. The number of nitrogens with one attached hydrogen (secondary N) is 1. The molecular weight excluding hydrogens is 256 g/mol. The Morgan fingerprint density at radius 1 is 1.05 bits per heavy atom. The topological polar surface area (TPSA) is 91.8 Å². The first kappa shape index (κ1) is 12.0. The fourth-order valence-electron chi connectivity index (χ4n) is 1.86. The molecule has 0 saturated heterocycles. The summed E-state index contributed by atoms with van der Waals surface area (Å²) >= 11 is 0. The molecule has 2 N–H and O–H groups in total. The van der Waals surface area contributed by atoms with E-state index < -0.39 is 5.97 Å². The fourth-order valence-corrected chi connectivity index (χ4v) is 1.86. The van der Waals surface area contributed by atoms with Crippen molar-refractivity contribution in [2.75, 3.05) is 0 Å². The van der Waals surface area contributed by atoms with Crippen molar-refractivity contribution < 1.29 is 9.90 Å². The van der Waals surface area contributed by atoms with E-state index in [9.17, 15) is 4.79 Å². The first-order valence-electron chi connectivity index (χ1n) is 5.91. The van der Waals surface area contributed by atoms with Crippen LogP contribution in [-0.4, -0.2) is 31.5 Å². The maximum absolute atomic E-state index is 10.7. The van der Waals surface area contributed by atoms with Crippen LogP contribution in [0.1, 0.15) is 10.5 Å². The van der Waals surface area contributed by atoms with Gasteiger partial charge in [-0.1, -0.05) is 18.2 Å². The Labute approximate surface area is 114 Å². The molecular formula is C14H10N4O2. The Kier molecular flexibility index (Phi) is 2.96. The van der Waals surface area contributed by atoms with E-state index in [0.29, 0.717) is 5.69 Å². The van der Waals surface area contributed by atoms with Crippen LogP contribution < -0.4 is 0 Å². The van der Waals surface area contributed by atoms with Gasteiger partial charge in [0.2, 0.25) is 0 Å². The summed E-state index contributed by atoms with van der Waals surface area (Å²) in [5.74, 6) is -1.09. The summed E-state index contributed by atoms with van der Waals surface area (Å²) in [5.41, 5.74) is 3.29. The van der Waals surface area contributed by atoms with Gasteiger partial charge in [0.15, 0.2) is 5.69 Å². The van der Waals surface area contributed by atoms with E-state index >= 15 is 0 Å². The van der Waals surface area contributed by atoms with Crippen LogP contribution in [0.5, 0.6) is 0 Å². The molecule has 3 rings (SSSR count). The van der Waals surface area contributed by atoms with Gasteiger partial charge in [-0.2, -0.15) is 5.10 Å². The SMILES string of the molecule is O=C(O)c1ccc(-c2cccc(-c3ccn[nH]3)c2)nn1. The highest BCUT2D eigenvalue weighted by Gasteiger charge is 2.07. The molecule has 6 heteroatoms. The predicted octanol–water partition coefficient (Wildman–Crippen LogP) is 2.23. The molecule has 0 amide bonds. The van der Waals surface area contributed by atoms with Crippen molar-refractivity contribution in [1.82, 2.24) is 20.4 Å². The molecule has 2 heterocycles. The van der Waals surface area contributed by atoms with E-state index in [2.05, 4.69) is 20.4 Å². The Morgan fingerprint density at radius 3 is 2.55 bits per heavy atom. The standard InChI is InChI=1S/C14H10N4O2/c19-14(20)13-5-4-11(17-18-13)9-2-1-3-10(8-9)12-6-7-15-16-12/h1-8H,(H,15,16)(H,19,20). The molecule has 0 aliphatic heterocycles. The van der Waals surface area contributed by atoms with Gasteiger partial charge >= 0.3 is 5.97 Å². The first-order valence-corrected chi connectivity index (χ1v) is 5.91. The first-order chi connectivity index (χ1) is 9.74. The summed E-state index contributed by atoms with van der Waals surface area (Å²) < 4.78 is 0. The van der Waals surface area contributed by atoms with Crippen molar-refractivity contribution in [3.05, 3.63) is 54.4 Å². The molecule has 20 heavy (non-hydrogen) atoms. The highest BCUT2D eigenvalue weighted by molar-refractivity contribution is 5.85. The monoisotopic (exact) mass is 266 g/mol. The largest absolute Gasteiger partial charge is 0.476 e. The van der Waals surface area contributed by atoms with Crippen molar-refractivity contribution in [2.24, 2.45) is 0 Å². The normalized spacial score (nSPS) is 10.4. The molecule has 2 aromatic heterocycles. The van der Waals surface area contributed by atoms with Crippen LogP contribution in [-0.2, 0) is 0 Å². The molecule has 0 fully saturated rings. The van der Waals surface area contributed by atoms with Crippen molar-refractivity contribution in [3.63, 3.8) is 0 Å². The van der Waals surface area contributed by atoms with Crippen molar-refractivity contribution in [3.8, 4) is 22.5 Å². The van der Waals surface area contributed by atoms with Crippen molar-refractivity contribution >= 4 is 5.97 Å². The minimum absolute atomic E-state index is 0.0709. The number of aromatic carboxylic acids is 1. The molecule has 0 aliphatic rings. The zero-order valence-electron chi connectivity index (χ0n) is 10.3. The van der Waals surface area contributed by atoms with Gasteiger partial charge in [0, 0.05) is 17.3 Å². The second kappa shape index (κ2) is 4.93. The predicted molar refractivity (Wildman–Crippen MR) is 72.0 cm³/mol. The van der Waals surface area contributed by atoms with Crippen molar-refractivity contribution in [1.29, 1.82) is 0 Å². The van der Waals surface area contributed by atoms with E-state index in [1.54, 1.807) is 12.3 Å². The molecule has 0 saturated carbocycles. The number of aromatic nitrogens is 4. The van der Waals surface area contributed by atoms with Gasteiger partial charge in [-0.25, -0.2) is 4.79 Å². The van der Waals surface area contributed by atoms with E-state index in [1.165, 1.54) is 6.07 Å². The van der Waals surface area contributed by atoms with Crippen LogP contribution in [0.15, 0.2) is 48.7 Å². The van der Waals surface area contributed by atoms with E-state index in [0.717, 1.165) is 16.8 Å². The number of carboxylic acids is 1. The minimum atomic E-state index is -1.09. The van der Waals surface area contributed by atoms with Gasteiger partial charge in [0.05, 0.1) is 11.4 Å². The maximum atomic E-state index is 10.7. The molecule has 0 atom stereocenters. The van der Waals surface area contributed by atoms with Crippen molar-refractivity contribution in [2.45, 2.75) is 0 Å². The van der Waals surface area contributed by atoms with Gasteiger partial charge in [-0.05, 0) is 24.3 Å². The highest BCUT2D eigenvalue weighted by atomic mass is 16.4. The van der Waals surface area contributed by atoms with E-state index in [-0.39, 0.29) is 5.69 Å². The van der Waals surface area contributed by atoms with Crippen LogP contribution in [0.25, 0.3) is 22.5 Å². The lowest BCUT2D eigenvalue weighted by Gasteiger charge is -2.03. The van der Waals surface area contributed by atoms with Crippen LogP contribution in [0.2, 0.25) is 0 Å². The third-order valence-electron chi connectivity index (χ3n) is 2.85. The zero-order chi connectivity index (χ0) is 13.9. The molecule has 3 aromatic rings. The quantitative estimate of drug-likeness (QED) is 0.758. The number of aromatic amines is 1. The minimum Gasteiger partial charge on any atom is -0.476 e. The zero-order valence-corrected chi connectivity index (χ0v) is 10.3. The molecule has 98 valence electrons. The molecule has 0 unspecified atom stereocenters. The number of benzene rings is 1. The number of H-pyrrole nitrogens is 1. The summed E-state index contributed by atoms with van der Waals surface area (Å²) in [5, 5.41) is 23.2. The average molecular weight is 266 g/mol. The molecule has 0 aliphatic carbocycles. The summed E-state index contributed by atoms with van der Waals surface area (Å²) in [4.78, 5) is 10.7. The Balaban J connectivity index is 1.98. The smallest absolute Gasteiger partial charge is 0.356 e. The summed E-state index contributed by atoms with van der Waals surface area (Å²) in [7, 11) is 0. The summed E-state index contributed by atoms with van der Waals surface area (Å²) in [6, 6.07) is 12.6. The van der Waals surface area contributed by atoms with Gasteiger partial charge in [0.1, 0.15) is 0 Å². The van der Waals surface area contributed by atoms with Gasteiger partial charge in [0.25, 0.3) is 0 Å². The van der Waals surface area contributed by atoms with E-state index in [1.807, 2.05) is 30.3 Å². The van der Waals surface area contributed by atoms with Crippen LogP contribution in [0.4, 0.5) is 0 Å². The van der Waals surface area contributed by atoms with Gasteiger partial charge < -0.3 is 5.11 Å². The highest BCUT2D eigenvalue weighted by Crippen LogP contribution is 2.23. The molecule has 0 bridgehead atoms. The van der Waals surface area contributed by atoms with E-state index in [4.69, 9.17) is 5.11 Å². The second-order valence-electron chi connectivity index (χ2n) is 4.16. The molecule has 0 radical (unpaired) electrons. The number of hydrogen-bond donors (Lipinski definition) is 2. The Morgan fingerprint density at radius 2 is 1.90 bits per heavy atom. The molecule has 1 aromatic carbocycles. The lowest BCUT2D eigenvalue weighted by Crippen LogP contribution is -2.01. The number of rotatable bonds is 3. The average Bonchev–Trinajstić information content (AvgIpc) is 3.02.